The van der Waals surface area contributed by atoms with Crippen molar-refractivity contribution in [3.05, 3.63) is 78.2 Å². The van der Waals surface area contributed by atoms with Gasteiger partial charge in [0.05, 0.1) is 0 Å². The van der Waals surface area contributed by atoms with Crippen molar-refractivity contribution >= 4 is 39.8 Å². The fourth-order valence-corrected chi connectivity index (χ4v) is 3.95. The molecule has 7 heteroatoms. The summed E-state index contributed by atoms with van der Waals surface area (Å²) in [4.78, 5) is 28.5. The first kappa shape index (κ1) is 19.9. The molecule has 0 radical (unpaired) electrons. The average Bonchev–Trinajstić information content (AvgIpc) is 3.35. The van der Waals surface area contributed by atoms with Crippen LogP contribution in [0.15, 0.2) is 66.9 Å². The van der Waals surface area contributed by atoms with Gasteiger partial charge >= 0.3 is 0 Å². The molecule has 0 atom stereocenters. The largest absolute Gasteiger partial charge is 0.341 e. The van der Waals surface area contributed by atoms with Gasteiger partial charge in [0.25, 0.3) is 5.91 Å². The molecule has 32 heavy (non-hydrogen) atoms. The molecule has 1 amide bonds. The second-order valence-electron chi connectivity index (χ2n) is 7.93. The maximum absolute atomic E-state index is 12.8. The van der Waals surface area contributed by atoms with Crippen LogP contribution in [0.4, 0.5) is 23.1 Å². The molecule has 0 unspecified atom stereocenters. The molecule has 5 rings (SSSR count). The predicted molar refractivity (Wildman–Crippen MR) is 128 cm³/mol. The van der Waals surface area contributed by atoms with Crippen molar-refractivity contribution in [2.24, 2.45) is 0 Å². The Morgan fingerprint density at radius 1 is 0.938 bits per heavy atom. The van der Waals surface area contributed by atoms with E-state index in [1.54, 1.807) is 6.20 Å². The minimum atomic E-state index is -0.232. The quantitative estimate of drug-likeness (QED) is 0.473. The molecular weight excluding hydrogens is 400 g/mol. The molecule has 1 saturated heterocycles. The van der Waals surface area contributed by atoms with Gasteiger partial charge in [0.2, 0.25) is 5.95 Å². The molecule has 2 N–H and O–H groups in total. The fourth-order valence-electron chi connectivity index (χ4n) is 3.95. The van der Waals surface area contributed by atoms with Gasteiger partial charge in [-0.05, 0) is 55.5 Å². The molecule has 0 spiro atoms. The molecule has 1 aliphatic heterocycles. The highest BCUT2D eigenvalue weighted by Gasteiger charge is 2.16. The Bertz CT molecular complexity index is 1260. The van der Waals surface area contributed by atoms with Gasteiger partial charge in [-0.3, -0.25) is 9.78 Å². The van der Waals surface area contributed by atoms with E-state index in [1.807, 2.05) is 67.6 Å². The molecule has 0 aliphatic carbocycles. The predicted octanol–water partition coefficient (Wildman–Crippen LogP) is 4.93. The Kier molecular flexibility index (Phi) is 5.37. The van der Waals surface area contributed by atoms with Crippen molar-refractivity contribution in [1.82, 2.24) is 15.0 Å². The smallest absolute Gasteiger partial charge is 0.274 e. The fraction of sp³-hybridized carbons (Fsp3) is 0.200. The van der Waals surface area contributed by atoms with E-state index in [1.165, 1.54) is 12.8 Å². The van der Waals surface area contributed by atoms with Crippen molar-refractivity contribution < 1.29 is 4.79 Å². The summed E-state index contributed by atoms with van der Waals surface area (Å²) in [5.41, 5.74) is 2.93. The number of carbonyl (C=O) groups is 1. The van der Waals surface area contributed by atoms with Gasteiger partial charge in [-0.1, -0.05) is 24.3 Å². The number of benzene rings is 2. The van der Waals surface area contributed by atoms with E-state index in [4.69, 9.17) is 0 Å². The second-order valence-corrected chi connectivity index (χ2v) is 7.93. The van der Waals surface area contributed by atoms with Gasteiger partial charge in [-0.15, -0.1) is 0 Å². The third kappa shape index (κ3) is 4.23. The Balaban J connectivity index is 1.30. The van der Waals surface area contributed by atoms with Crippen LogP contribution >= 0.6 is 0 Å². The number of hydrogen-bond donors (Lipinski definition) is 2. The van der Waals surface area contributed by atoms with Gasteiger partial charge in [-0.2, -0.15) is 4.98 Å². The maximum atomic E-state index is 12.8. The minimum absolute atomic E-state index is 0.232. The van der Waals surface area contributed by atoms with Crippen LogP contribution in [-0.2, 0) is 0 Å². The summed E-state index contributed by atoms with van der Waals surface area (Å²) in [6.07, 6.45) is 4.02. The van der Waals surface area contributed by atoms with Crippen LogP contribution in [0.2, 0.25) is 0 Å². The highest BCUT2D eigenvalue weighted by Crippen LogP contribution is 2.23. The topological polar surface area (TPSA) is 83.0 Å². The van der Waals surface area contributed by atoms with Crippen molar-refractivity contribution in [3.8, 4) is 0 Å². The van der Waals surface area contributed by atoms with Gasteiger partial charge in [0, 0.05) is 47.8 Å². The van der Waals surface area contributed by atoms with E-state index in [2.05, 4.69) is 30.5 Å². The van der Waals surface area contributed by atoms with Crippen molar-refractivity contribution in [2.75, 3.05) is 28.6 Å². The summed E-state index contributed by atoms with van der Waals surface area (Å²) in [6, 6.07) is 19.1. The average molecular weight is 425 g/mol. The lowest BCUT2D eigenvalue weighted by Crippen LogP contribution is -2.21. The highest BCUT2D eigenvalue weighted by atomic mass is 16.1. The van der Waals surface area contributed by atoms with Crippen LogP contribution < -0.4 is 15.5 Å². The Labute approximate surface area is 186 Å². The molecule has 4 aromatic rings. The Hall–Kier alpha value is -4.00. The molecular formula is C25H24N6O. The van der Waals surface area contributed by atoms with E-state index >= 15 is 0 Å². The lowest BCUT2D eigenvalue weighted by molar-refractivity contribution is 0.102. The van der Waals surface area contributed by atoms with Gasteiger partial charge in [-0.25, -0.2) is 4.98 Å². The van der Waals surface area contributed by atoms with Crippen LogP contribution in [0.1, 0.15) is 29.0 Å². The lowest BCUT2D eigenvalue weighted by atomic mass is 10.1. The van der Waals surface area contributed by atoms with E-state index in [9.17, 15) is 4.79 Å². The number of carbonyl (C=O) groups excluding carboxylic acids is 1. The molecule has 1 aliphatic rings. The number of amides is 1. The number of anilines is 4. The highest BCUT2D eigenvalue weighted by molar-refractivity contribution is 6.11. The number of aryl methyl sites for hydroxylation is 1. The molecule has 7 nitrogen and oxygen atoms in total. The summed E-state index contributed by atoms with van der Waals surface area (Å²) in [5.74, 6) is 1.30. The summed E-state index contributed by atoms with van der Waals surface area (Å²) in [6.45, 7) is 3.98. The Morgan fingerprint density at radius 2 is 1.69 bits per heavy atom. The number of fused-ring (bicyclic) bond motifs is 1. The van der Waals surface area contributed by atoms with Crippen LogP contribution in [0, 0.1) is 6.92 Å². The maximum Gasteiger partial charge on any atom is 0.274 e. The van der Waals surface area contributed by atoms with Crippen LogP contribution in [-0.4, -0.2) is 33.9 Å². The monoisotopic (exact) mass is 424 g/mol. The molecule has 2 aromatic heterocycles. The van der Waals surface area contributed by atoms with Gasteiger partial charge in [0.15, 0.2) is 0 Å². The second kappa shape index (κ2) is 8.63. The van der Waals surface area contributed by atoms with E-state index in [-0.39, 0.29) is 5.91 Å². The molecule has 160 valence electrons. The van der Waals surface area contributed by atoms with Gasteiger partial charge < -0.3 is 15.5 Å². The first-order valence-electron chi connectivity index (χ1n) is 10.8. The van der Waals surface area contributed by atoms with Crippen molar-refractivity contribution in [2.45, 2.75) is 19.8 Å². The van der Waals surface area contributed by atoms with Crippen LogP contribution in [0.25, 0.3) is 10.8 Å². The third-order valence-electron chi connectivity index (χ3n) is 5.54. The number of nitrogens with one attached hydrogen (secondary N) is 2. The molecule has 2 aromatic carbocycles. The number of nitrogens with zero attached hydrogens (tertiary/aromatic N) is 4. The molecule has 3 heterocycles. The van der Waals surface area contributed by atoms with E-state index < -0.39 is 0 Å². The summed E-state index contributed by atoms with van der Waals surface area (Å²) in [7, 11) is 0. The van der Waals surface area contributed by atoms with Crippen molar-refractivity contribution in [3.63, 3.8) is 0 Å². The first-order chi connectivity index (χ1) is 15.7. The first-order valence-corrected chi connectivity index (χ1v) is 10.8. The van der Waals surface area contributed by atoms with E-state index in [0.29, 0.717) is 11.4 Å². The number of hydrogen-bond acceptors (Lipinski definition) is 6. The summed E-state index contributed by atoms with van der Waals surface area (Å²) >= 11 is 0. The molecule has 1 fully saturated rings. The Morgan fingerprint density at radius 3 is 2.50 bits per heavy atom. The summed E-state index contributed by atoms with van der Waals surface area (Å²) in [5, 5.41) is 8.10. The zero-order valence-corrected chi connectivity index (χ0v) is 17.9. The lowest BCUT2D eigenvalue weighted by Gasteiger charge is -2.17. The number of pyridine rings is 1. The molecule has 0 bridgehead atoms. The van der Waals surface area contributed by atoms with Gasteiger partial charge in [0.1, 0.15) is 11.5 Å². The normalized spacial score (nSPS) is 13.3. The number of aromatic nitrogens is 3. The van der Waals surface area contributed by atoms with E-state index in [0.717, 1.165) is 47.0 Å². The van der Waals surface area contributed by atoms with Crippen LogP contribution in [0.5, 0.6) is 0 Å². The van der Waals surface area contributed by atoms with Crippen LogP contribution in [0.3, 0.4) is 0 Å². The third-order valence-corrected chi connectivity index (χ3v) is 5.54. The summed E-state index contributed by atoms with van der Waals surface area (Å²) < 4.78 is 0. The standard InChI is InChI=1S/C25H24N6O/c1-17-16-22(30-25(27-17)31-14-4-5-15-31)28-19-8-10-20(11-9-19)29-24(32)23-21-7-3-2-6-18(21)12-13-26-23/h2-3,6-13,16H,4-5,14-15H2,1H3,(H,29,32)(H,27,28,30). The molecule has 0 saturated carbocycles. The van der Waals surface area contributed by atoms with Crippen molar-refractivity contribution in [1.29, 1.82) is 0 Å². The SMILES string of the molecule is Cc1cc(Nc2ccc(NC(=O)c3nccc4ccccc34)cc2)nc(N2CCCC2)n1. The minimum Gasteiger partial charge on any atom is -0.341 e. The zero-order valence-electron chi connectivity index (χ0n) is 17.9. The number of rotatable bonds is 5. The zero-order chi connectivity index (χ0) is 21.9.